The first-order valence-corrected chi connectivity index (χ1v) is 7.28. The van der Waals surface area contributed by atoms with Crippen molar-refractivity contribution in [2.75, 3.05) is 33.3 Å². The van der Waals surface area contributed by atoms with E-state index in [1.807, 2.05) is 30.5 Å². The summed E-state index contributed by atoms with van der Waals surface area (Å²) in [7, 11) is 1.64. The Labute approximate surface area is 125 Å². The number of rotatable bonds is 6. The molecular weight excluding hydrogens is 268 g/mol. The maximum absolute atomic E-state index is 11.0. The number of benzene rings is 1. The molecule has 0 bridgehead atoms. The summed E-state index contributed by atoms with van der Waals surface area (Å²) < 4.78 is 5.17. The molecule has 1 aliphatic rings. The molecule has 5 nitrogen and oxygen atoms in total. The van der Waals surface area contributed by atoms with Gasteiger partial charge < -0.3 is 14.7 Å². The van der Waals surface area contributed by atoms with Crippen LogP contribution in [0.5, 0.6) is 5.75 Å². The first-order valence-electron chi connectivity index (χ1n) is 7.28. The van der Waals surface area contributed by atoms with E-state index in [1.54, 1.807) is 7.11 Å². The van der Waals surface area contributed by atoms with Gasteiger partial charge in [0.25, 0.3) is 0 Å². The maximum Gasteiger partial charge on any atom is 0.307 e. The zero-order valence-electron chi connectivity index (χ0n) is 12.4. The molecule has 1 N–H and O–H groups in total. The van der Waals surface area contributed by atoms with Crippen molar-refractivity contribution in [3.05, 3.63) is 29.8 Å². The Morgan fingerprint density at radius 3 is 3.19 bits per heavy atom. The molecule has 1 aromatic rings. The second kappa shape index (κ2) is 7.78. The summed E-state index contributed by atoms with van der Waals surface area (Å²) in [6.07, 6.45) is 3.58. The van der Waals surface area contributed by atoms with E-state index in [9.17, 15) is 4.79 Å². The number of carboxylic acid groups (broad SMARTS) is 1. The first kappa shape index (κ1) is 15.5. The fourth-order valence-corrected chi connectivity index (χ4v) is 2.55. The highest BCUT2D eigenvalue weighted by Gasteiger charge is 2.24. The van der Waals surface area contributed by atoms with E-state index in [4.69, 9.17) is 9.84 Å². The van der Waals surface area contributed by atoms with Crippen LogP contribution in [0.15, 0.2) is 29.3 Å². The van der Waals surface area contributed by atoms with Gasteiger partial charge in [0.15, 0.2) is 0 Å². The summed E-state index contributed by atoms with van der Waals surface area (Å²) in [6.45, 7) is 3.11. The van der Waals surface area contributed by atoms with Gasteiger partial charge >= 0.3 is 5.97 Å². The lowest BCUT2D eigenvalue weighted by Gasteiger charge is -2.29. The van der Waals surface area contributed by atoms with Gasteiger partial charge in [-0.15, -0.1) is 0 Å². The topological polar surface area (TPSA) is 62.1 Å². The van der Waals surface area contributed by atoms with Crippen LogP contribution in [0.4, 0.5) is 0 Å². The molecule has 0 amide bonds. The largest absolute Gasteiger partial charge is 0.497 e. The number of piperidine rings is 1. The smallest absolute Gasteiger partial charge is 0.307 e. The Morgan fingerprint density at radius 1 is 1.57 bits per heavy atom. The number of hydrogen-bond acceptors (Lipinski definition) is 4. The zero-order valence-corrected chi connectivity index (χ0v) is 12.4. The van der Waals surface area contributed by atoms with Crippen molar-refractivity contribution < 1.29 is 14.6 Å². The molecule has 2 rings (SSSR count). The predicted octanol–water partition coefficient (Wildman–Crippen LogP) is 1.91. The van der Waals surface area contributed by atoms with Crippen LogP contribution in [0.3, 0.4) is 0 Å². The Balaban J connectivity index is 1.78. The summed E-state index contributed by atoms with van der Waals surface area (Å²) >= 11 is 0. The molecule has 1 fully saturated rings. The molecule has 5 heteroatoms. The van der Waals surface area contributed by atoms with E-state index in [0.29, 0.717) is 13.1 Å². The Morgan fingerprint density at radius 2 is 2.43 bits per heavy atom. The second-order valence-corrected chi connectivity index (χ2v) is 5.29. The third-order valence-electron chi connectivity index (χ3n) is 3.73. The number of carbonyl (C=O) groups is 1. The number of carboxylic acids is 1. The average molecular weight is 290 g/mol. The van der Waals surface area contributed by atoms with Gasteiger partial charge in [-0.25, -0.2) is 0 Å². The molecular formula is C16H22N2O3. The van der Waals surface area contributed by atoms with Gasteiger partial charge in [-0.2, -0.15) is 0 Å². The molecule has 1 aliphatic heterocycles. The van der Waals surface area contributed by atoms with Gasteiger partial charge in [-0.05, 0) is 37.1 Å². The zero-order chi connectivity index (χ0) is 15.1. The number of methoxy groups -OCH3 is 1. The Hall–Kier alpha value is -1.88. The normalized spacial score (nSPS) is 19.8. The first-order chi connectivity index (χ1) is 10.2. The number of aliphatic carboxylic acids is 1. The molecule has 0 aromatic heterocycles. The highest BCUT2D eigenvalue weighted by atomic mass is 16.5. The predicted molar refractivity (Wildman–Crippen MR) is 82.3 cm³/mol. The van der Waals surface area contributed by atoms with Crippen LogP contribution in [-0.2, 0) is 4.79 Å². The van der Waals surface area contributed by atoms with Gasteiger partial charge in [0.1, 0.15) is 5.75 Å². The van der Waals surface area contributed by atoms with Crippen LogP contribution in [-0.4, -0.2) is 55.5 Å². The summed E-state index contributed by atoms with van der Waals surface area (Å²) in [5, 5.41) is 9.06. The fourth-order valence-electron chi connectivity index (χ4n) is 2.55. The van der Waals surface area contributed by atoms with Gasteiger partial charge in [0, 0.05) is 19.3 Å². The van der Waals surface area contributed by atoms with E-state index in [-0.39, 0.29) is 5.92 Å². The van der Waals surface area contributed by atoms with Crippen LogP contribution in [0, 0.1) is 5.92 Å². The van der Waals surface area contributed by atoms with Crippen molar-refractivity contribution in [1.82, 2.24) is 4.90 Å². The van der Waals surface area contributed by atoms with Crippen molar-refractivity contribution in [3.63, 3.8) is 0 Å². The lowest BCUT2D eigenvalue weighted by Crippen LogP contribution is -2.39. The standard InChI is InChI=1S/C16H22N2O3/c1-21-15-6-2-4-13(10-15)11-17-7-9-18-8-3-5-14(12-18)16(19)20/h2,4,6,10-11,14H,3,5,7-9,12H2,1H3,(H,19,20). The maximum atomic E-state index is 11.0. The molecule has 1 unspecified atom stereocenters. The quantitative estimate of drug-likeness (QED) is 0.813. The lowest BCUT2D eigenvalue weighted by atomic mass is 9.98. The molecule has 21 heavy (non-hydrogen) atoms. The highest BCUT2D eigenvalue weighted by molar-refractivity contribution is 5.80. The number of aliphatic imine (C=N–C) groups is 1. The van der Waals surface area contributed by atoms with Crippen LogP contribution < -0.4 is 4.74 Å². The van der Waals surface area contributed by atoms with Crippen molar-refractivity contribution in [2.24, 2.45) is 10.9 Å². The van der Waals surface area contributed by atoms with E-state index in [2.05, 4.69) is 9.89 Å². The summed E-state index contributed by atoms with van der Waals surface area (Å²) in [5.41, 5.74) is 1.01. The molecule has 1 aromatic carbocycles. The number of hydrogen-bond donors (Lipinski definition) is 1. The van der Waals surface area contributed by atoms with Crippen LogP contribution in [0.2, 0.25) is 0 Å². The molecule has 114 valence electrons. The molecule has 0 spiro atoms. The van der Waals surface area contributed by atoms with E-state index in [0.717, 1.165) is 37.2 Å². The summed E-state index contributed by atoms with van der Waals surface area (Å²) in [4.78, 5) is 17.6. The van der Waals surface area contributed by atoms with Gasteiger partial charge in [0.05, 0.1) is 19.6 Å². The van der Waals surface area contributed by atoms with Gasteiger partial charge in [0.2, 0.25) is 0 Å². The van der Waals surface area contributed by atoms with E-state index < -0.39 is 5.97 Å². The van der Waals surface area contributed by atoms with Crippen molar-refractivity contribution in [1.29, 1.82) is 0 Å². The second-order valence-electron chi connectivity index (χ2n) is 5.29. The van der Waals surface area contributed by atoms with Crippen LogP contribution in [0.1, 0.15) is 18.4 Å². The monoisotopic (exact) mass is 290 g/mol. The number of nitrogens with zero attached hydrogens (tertiary/aromatic N) is 2. The van der Waals surface area contributed by atoms with Crippen LogP contribution in [0.25, 0.3) is 0 Å². The average Bonchev–Trinajstić information content (AvgIpc) is 2.52. The third kappa shape index (κ3) is 4.86. The summed E-state index contributed by atoms with van der Waals surface area (Å²) in [5.74, 6) is -0.0834. The minimum absolute atomic E-state index is 0.221. The van der Waals surface area contributed by atoms with Crippen molar-refractivity contribution >= 4 is 12.2 Å². The van der Waals surface area contributed by atoms with Crippen molar-refractivity contribution in [3.8, 4) is 5.75 Å². The van der Waals surface area contributed by atoms with Crippen LogP contribution >= 0.6 is 0 Å². The lowest BCUT2D eigenvalue weighted by molar-refractivity contribution is -0.143. The summed E-state index contributed by atoms with van der Waals surface area (Å²) in [6, 6.07) is 7.75. The fraction of sp³-hybridized carbons (Fsp3) is 0.500. The third-order valence-corrected chi connectivity index (χ3v) is 3.73. The van der Waals surface area contributed by atoms with E-state index >= 15 is 0 Å². The molecule has 0 saturated carbocycles. The van der Waals surface area contributed by atoms with Gasteiger partial charge in [-0.1, -0.05) is 12.1 Å². The molecule has 1 atom stereocenters. The minimum atomic E-state index is -0.681. The molecule has 0 aliphatic carbocycles. The number of likely N-dealkylation sites (tertiary alicyclic amines) is 1. The molecule has 1 heterocycles. The minimum Gasteiger partial charge on any atom is -0.497 e. The number of ether oxygens (including phenoxy) is 1. The van der Waals surface area contributed by atoms with Crippen molar-refractivity contribution in [2.45, 2.75) is 12.8 Å². The Bertz CT molecular complexity index is 502. The molecule has 0 radical (unpaired) electrons. The molecule has 1 saturated heterocycles. The van der Waals surface area contributed by atoms with Gasteiger partial charge in [-0.3, -0.25) is 9.79 Å². The van der Waals surface area contributed by atoms with E-state index in [1.165, 1.54) is 0 Å². The Kier molecular flexibility index (Phi) is 5.75. The highest BCUT2D eigenvalue weighted by Crippen LogP contribution is 2.16. The SMILES string of the molecule is COc1cccc(C=NCCN2CCCC(C(=O)O)C2)c1.